The Kier molecular flexibility index (Phi) is 4.28. The lowest BCUT2D eigenvalue weighted by Gasteiger charge is -2.10. The molecule has 2 rings (SSSR count). The van der Waals surface area contributed by atoms with Gasteiger partial charge in [0.1, 0.15) is 6.20 Å². The maximum Gasteiger partial charge on any atom is 0.293 e. The lowest BCUT2D eigenvalue weighted by molar-refractivity contribution is -0.386. The van der Waals surface area contributed by atoms with Gasteiger partial charge >= 0.3 is 0 Å². The zero-order valence-corrected chi connectivity index (χ0v) is 11.3. The van der Waals surface area contributed by atoms with Gasteiger partial charge in [0, 0.05) is 0 Å². The van der Waals surface area contributed by atoms with Crippen LogP contribution in [0.5, 0.6) is 0 Å². The fourth-order valence-corrected chi connectivity index (χ4v) is 1.96. The first-order valence-electron chi connectivity index (χ1n) is 5.57. The van der Waals surface area contributed by atoms with Gasteiger partial charge in [0.2, 0.25) is 6.29 Å². The Bertz CT molecular complexity index is 610. The summed E-state index contributed by atoms with van der Waals surface area (Å²) in [4.78, 5) is 14.1. The molecule has 110 valence electrons. The Morgan fingerprint density at radius 3 is 2.70 bits per heavy atom. The van der Waals surface area contributed by atoms with Crippen molar-refractivity contribution in [2.75, 3.05) is 19.5 Å². The first-order valence-corrected chi connectivity index (χ1v) is 7.39. The second-order valence-corrected chi connectivity index (χ2v) is 5.68. The van der Waals surface area contributed by atoms with Gasteiger partial charge in [-0.15, -0.1) is 0 Å². The summed E-state index contributed by atoms with van der Waals surface area (Å²) in [5.74, 6) is 0. The van der Waals surface area contributed by atoms with Gasteiger partial charge < -0.3 is 9.47 Å². The van der Waals surface area contributed by atoms with Gasteiger partial charge in [-0.2, -0.15) is 8.42 Å². The Morgan fingerprint density at radius 1 is 1.50 bits per heavy atom. The number of hydrogen-bond acceptors (Lipinski definition) is 8. The maximum absolute atomic E-state index is 11.0. The van der Waals surface area contributed by atoms with Gasteiger partial charge in [-0.05, 0) is 6.07 Å². The van der Waals surface area contributed by atoms with Gasteiger partial charge in [-0.3, -0.25) is 14.3 Å². The van der Waals surface area contributed by atoms with E-state index < -0.39 is 27.9 Å². The van der Waals surface area contributed by atoms with E-state index >= 15 is 0 Å². The van der Waals surface area contributed by atoms with E-state index in [9.17, 15) is 18.5 Å². The fraction of sp³-hybridized carbons (Fsp3) is 0.500. The molecule has 0 aromatic carbocycles. The third-order valence-electron chi connectivity index (χ3n) is 2.48. The van der Waals surface area contributed by atoms with Crippen LogP contribution in [-0.4, -0.2) is 37.8 Å². The van der Waals surface area contributed by atoms with Crippen molar-refractivity contribution in [3.8, 4) is 0 Å². The lowest BCUT2D eigenvalue weighted by Crippen LogP contribution is -2.08. The molecule has 1 aromatic heterocycles. The third-order valence-corrected chi connectivity index (χ3v) is 3.02. The standard InChI is InChI=1S/C10H12N2O7S/c1-20(15,16)19-6-7-4-8(10-17-2-3-18-10)11-5-9(7)12(13)14/h4-5,10H,2-3,6H2,1H3. The minimum atomic E-state index is -3.70. The quantitative estimate of drug-likeness (QED) is 0.438. The zero-order valence-electron chi connectivity index (χ0n) is 10.5. The van der Waals surface area contributed by atoms with Crippen molar-refractivity contribution in [2.24, 2.45) is 0 Å². The lowest BCUT2D eigenvalue weighted by atomic mass is 10.2. The summed E-state index contributed by atoms with van der Waals surface area (Å²) in [5, 5.41) is 10.9. The van der Waals surface area contributed by atoms with Crippen LogP contribution >= 0.6 is 0 Å². The molecule has 20 heavy (non-hydrogen) atoms. The van der Waals surface area contributed by atoms with Crippen LogP contribution in [0, 0.1) is 10.1 Å². The molecule has 0 N–H and O–H groups in total. The summed E-state index contributed by atoms with van der Waals surface area (Å²) in [5.41, 5.74) is 0.0973. The van der Waals surface area contributed by atoms with Gasteiger partial charge in [0.25, 0.3) is 15.8 Å². The van der Waals surface area contributed by atoms with Crippen molar-refractivity contribution in [3.63, 3.8) is 0 Å². The van der Waals surface area contributed by atoms with Crippen molar-refractivity contribution in [2.45, 2.75) is 12.9 Å². The summed E-state index contributed by atoms with van der Waals surface area (Å²) in [6.45, 7) is 0.356. The van der Waals surface area contributed by atoms with Crippen molar-refractivity contribution >= 4 is 15.8 Å². The monoisotopic (exact) mass is 304 g/mol. The second-order valence-electron chi connectivity index (χ2n) is 4.03. The molecule has 1 fully saturated rings. The molecule has 1 aromatic rings. The van der Waals surface area contributed by atoms with E-state index in [1.807, 2.05) is 0 Å². The van der Waals surface area contributed by atoms with Crippen LogP contribution in [0.4, 0.5) is 5.69 Å². The van der Waals surface area contributed by atoms with E-state index in [-0.39, 0.29) is 11.3 Å². The third kappa shape index (κ3) is 3.70. The number of hydrogen-bond donors (Lipinski definition) is 0. The molecule has 0 unspecified atom stereocenters. The van der Waals surface area contributed by atoms with Crippen LogP contribution in [0.25, 0.3) is 0 Å². The van der Waals surface area contributed by atoms with Crippen LogP contribution in [0.2, 0.25) is 0 Å². The molecule has 10 heteroatoms. The predicted octanol–water partition coefficient (Wildman–Crippen LogP) is 0.511. The van der Waals surface area contributed by atoms with Crippen molar-refractivity contribution in [1.29, 1.82) is 0 Å². The summed E-state index contributed by atoms with van der Waals surface area (Å²) in [7, 11) is -3.70. The summed E-state index contributed by atoms with van der Waals surface area (Å²) < 4.78 is 37.0. The number of rotatable bonds is 5. The van der Waals surface area contributed by atoms with Gasteiger partial charge in [0.05, 0.1) is 42.3 Å². The topological polar surface area (TPSA) is 118 Å². The average molecular weight is 304 g/mol. The molecule has 2 heterocycles. The average Bonchev–Trinajstić information content (AvgIpc) is 2.88. The SMILES string of the molecule is CS(=O)(=O)OCc1cc(C2OCCO2)ncc1[N+](=O)[O-]. The molecule has 0 radical (unpaired) electrons. The highest BCUT2D eigenvalue weighted by Crippen LogP contribution is 2.26. The number of ether oxygens (including phenoxy) is 2. The molecule has 1 saturated heterocycles. The highest BCUT2D eigenvalue weighted by atomic mass is 32.2. The predicted molar refractivity (Wildman–Crippen MR) is 65.2 cm³/mol. The van der Waals surface area contributed by atoms with Crippen molar-refractivity contribution in [1.82, 2.24) is 4.98 Å². The highest BCUT2D eigenvalue weighted by molar-refractivity contribution is 7.85. The summed E-state index contributed by atoms with van der Waals surface area (Å²) >= 11 is 0. The van der Waals surface area contributed by atoms with E-state index in [2.05, 4.69) is 9.17 Å². The van der Waals surface area contributed by atoms with Crippen LogP contribution in [0.1, 0.15) is 17.5 Å². The summed E-state index contributed by atoms with van der Waals surface area (Å²) in [6, 6.07) is 1.35. The van der Waals surface area contributed by atoms with Crippen molar-refractivity contribution in [3.05, 3.63) is 33.6 Å². The van der Waals surface area contributed by atoms with Gasteiger partial charge in [0.15, 0.2) is 0 Å². The molecule has 0 saturated carbocycles. The Morgan fingerprint density at radius 2 is 2.15 bits per heavy atom. The molecular formula is C10H12N2O7S. The van der Waals surface area contributed by atoms with Crippen LogP contribution in [0.3, 0.4) is 0 Å². The second kappa shape index (κ2) is 5.79. The molecule has 1 aliphatic heterocycles. The largest absolute Gasteiger partial charge is 0.345 e. The van der Waals surface area contributed by atoms with E-state index in [0.717, 1.165) is 12.5 Å². The Labute approximate surface area is 114 Å². The summed E-state index contributed by atoms with van der Waals surface area (Å²) in [6.07, 6.45) is 1.19. The van der Waals surface area contributed by atoms with E-state index in [1.54, 1.807) is 0 Å². The fourth-order valence-electron chi connectivity index (χ4n) is 1.62. The zero-order chi connectivity index (χ0) is 14.8. The van der Waals surface area contributed by atoms with Crippen LogP contribution in [-0.2, 0) is 30.4 Å². The van der Waals surface area contributed by atoms with Crippen molar-refractivity contribution < 1.29 is 27.0 Å². The number of nitrogens with zero attached hydrogens (tertiary/aromatic N) is 2. The highest BCUT2D eigenvalue weighted by Gasteiger charge is 2.24. The minimum Gasteiger partial charge on any atom is -0.345 e. The molecule has 0 amide bonds. The smallest absolute Gasteiger partial charge is 0.293 e. The minimum absolute atomic E-state index is 0.0875. The molecule has 9 nitrogen and oxygen atoms in total. The Balaban J connectivity index is 2.28. The molecule has 0 atom stereocenters. The van der Waals surface area contributed by atoms with E-state index in [1.165, 1.54) is 6.07 Å². The number of aromatic nitrogens is 1. The molecule has 0 aliphatic carbocycles. The Hall–Kier alpha value is -1.62. The van der Waals surface area contributed by atoms with E-state index in [0.29, 0.717) is 18.9 Å². The molecule has 0 spiro atoms. The number of nitro groups is 1. The van der Waals surface area contributed by atoms with E-state index in [4.69, 9.17) is 9.47 Å². The number of pyridine rings is 1. The normalized spacial score (nSPS) is 16.4. The van der Waals surface area contributed by atoms with Crippen LogP contribution < -0.4 is 0 Å². The van der Waals surface area contributed by atoms with Gasteiger partial charge in [-0.1, -0.05) is 0 Å². The first kappa shape index (κ1) is 14.8. The molecule has 0 bridgehead atoms. The first-order chi connectivity index (χ1) is 9.37. The van der Waals surface area contributed by atoms with Crippen LogP contribution in [0.15, 0.2) is 12.3 Å². The van der Waals surface area contributed by atoms with Gasteiger partial charge in [-0.25, -0.2) is 4.98 Å². The maximum atomic E-state index is 11.0. The molecule has 1 aliphatic rings. The molecular weight excluding hydrogens is 292 g/mol.